The number of esters is 1. The summed E-state index contributed by atoms with van der Waals surface area (Å²) in [5, 5.41) is 0.261. The first-order valence-electron chi connectivity index (χ1n) is 5.23. The molecule has 0 saturated heterocycles. The molecule has 0 bridgehead atoms. The Kier molecular flexibility index (Phi) is 4.62. The van der Waals surface area contributed by atoms with Crippen LogP contribution in [0, 0.1) is 5.92 Å². The fourth-order valence-corrected chi connectivity index (χ4v) is 1.38. The molecule has 1 aromatic carbocycles. The molecule has 16 heavy (non-hydrogen) atoms. The van der Waals surface area contributed by atoms with Crippen molar-refractivity contribution in [3.63, 3.8) is 0 Å². The number of ether oxygens (including phenoxy) is 1. The molecule has 3 nitrogen and oxygen atoms in total. The van der Waals surface area contributed by atoms with Crippen molar-refractivity contribution in [2.45, 2.75) is 20.3 Å². The zero-order chi connectivity index (χ0) is 12.1. The molecule has 0 spiro atoms. The van der Waals surface area contributed by atoms with Crippen molar-refractivity contribution in [3.05, 3.63) is 28.8 Å². The lowest BCUT2D eigenvalue weighted by Gasteiger charge is -2.08. The zero-order valence-corrected chi connectivity index (χ0v) is 10.3. The van der Waals surface area contributed by atoms with E-state index in [1.807, 2.05) is 0 Å². The maximum absolute atomic E-state index is 11.6. The molecular weight excluding hydrogens is 226 g/mol. The number of nitrogen functional groups attached to an aromatic ring is 1. The fraction of sp³-hybridized carbons (Fsp3) is 0.417. The van der Waals surface area contributed by atoms with E-state index in [4.69, 9.17) is 22.1 Å². The summed E-state index contributed by atoms with van der Waals surface area (Å²) in [7, 11) is 0. The van der Waals surface area contributed by atoms with Gasteiger partial charge >= 0.3 is 5.97 Å². The van der Waals surface area contributed by atoms with Gasteiger partial charge in [-0.3, -0.25) is 0 Å². The maximum Gasteiger partial charge on any atom is 0.339 e. The van der Waals surface area contributed by atoms with Gasteiger partial charge in [0.15, 0.2) is 0 Å². The van der Waals surface area contributed by atoms with E-state index in [2.05, 4.69) is 13.8 Å². The Morgan fingerprint density at radius 3 is 2.81 bits per heavy atom. The molecule has 0 saturated carbocycles. The highest BCUT2D eigenvalue weighted by atomic mass is 35.5. The number of rotatable bonds is 4. The summed E-state index contributed by atoms with van der Waals surface area (Å²) in [5.41, 5.74) is 6.31. The summed E-state index contributed by atoms with van der Waals surface area (Å²) >= 11 is 5.90. The molecule has 0 aromatic heterocycles. The van der Waals surface area contributed by atoms with Crippen molar-refractivity contribution >= 4 is 23.3 Å². The molecule has 0 fully saturated rings. The largest absolute Gasteiger partial charge is 0.462 e. The van der Waals surface area contributed by atoms with Crippen molar-refractivity contribution in [2.24, 2.45) is 5.92 Å². The van der Waals surface area contributed by atoms with Crippen LogP contribution in [-0.4, -0.2) is 12.6 Å². The second kappa shape index (κ2) is 5.75. The Balaban J connectivity index is 2.63. The molecule has 0 atom stereocenters. The van der Waals surface area contributed by atoms with E-state index in [0.29, 0.717) is 23.8 Å². The molecule has 4 heteroatoms. The van der Waals surface area contributed by atoms with Crippen molar-refractivity contribution in [3.8, 4) is 0 Å². The van der Waals surface area contributed by atoms with E-state index < -0.39 is 5.97 Å². The molecule has 1 rings (SSSR count). The van der Waals surface area contributed by atoms with Crippen LogP contribution in [0.4, 0.5) is 5.69 Å². The predicted octanol–water partition coefficient (Wildman–Crippen LogP) is 3.13. The van der Waals surface area contributed by atoms with E-state index in [1.54, 1.807) is 18.2 Å². The van der Waals surface area contributed by atoms with Crippen LogP contribution in [0.3, 0.4) is 0 Å². The molecule has 0 aliphatic carbocycles. The third kappa shape index (κ3) is 3.42. The van der Waals surface area contributed by atoms with Crippen LogP contribution in [0.1, 0.15) is 30.6 Å². The summed E-state index contributed by atoms with van der Waals surface area (Å²) < 4.78 is 5.10. The van der Waals surface area contributed by atoms with Gasteiger partial charge in [-0.25, -0.2) is 4.79 Å². The average Bonchev–Trinajstić information content (AvgIpc) is 2.21. The van der Waals surface area contributed by atoms with Gasteiger partial charge in [0, 0.05) is 0 Å². The van der Waals surface area contributed by atoms with Crippen LogP contribution in [0.25, 0.3) is 0 Å². The second-order valence-electron chi connectivity index (χ2n) is 4.03. The van der Waals surface area contributed by atoms with Gasteiger partial charge in [-0.15, -0.1) is 0 Å². The third-order valence-corrected chi connectivity index (χ3v) is 2.60. The average molecular weight is 242 g/mol. The lowest BCUT2D eigenvalue weighted by Crippen LogP contribution is -2.09. The molecular formula is C12H16ClNO2. The van der Waals surface area contributed by atoms with Gasteiger partial charge in [0.2, 0.25) is 0 Å². The summed E-state index contributed by atoms with van der Waals surface area (Å²) in [6.07, 6.45) is 0.839. The number of hydrogen-bond acceptors (Lipinski definition) is 3. The quantitative estimate of drug-likeness (QED) is 0.651. The third-order valence-electron chi connectivity index (χ3n) is 2.18. The van der Waals surface area contributed by atoms with Crippen LogP contribution in [0.15, 0.2) is 18.2 Å². The molecule has 0 aliphatic heterocycles. The second-order valence-corrected chi connectivity index (χ2v) is 4.41. The Labute approximate surface area is 101 Å². The van der Waals surface area contributed by atoms with E-state index >= 15 is 0 Å². The molecule has 88 valence electrons. The summed E-state index contributed by atoms with van der Waals surface area (Å²) in [6.45, 7) is 4.55. The monoisotopic (exact) mass is 241 g/mol. The molecule has 2 N–H and O–H groups in total. The van der Waals surface area contributed by atoms with Gasteiger partial charge in [-0.1, -0.05) is 31.5 Å². The number of carbonyl (C=O) groups excluding carboxylic acids is 1. The molecule has 1 aromatic rings. The first-order valence-corrected chi connectivity index (χ1v) is 5.61. The van der Waals surface area contributed by atoms with Crippen LogP contribution in [0.2, 0.25) is 5.02 Å². The minimum absolute atomic E-state index is 0.261. The summed E-state index contributed by atoms with van der Waals surface area (Å²) in [4.78, 5) is 11.6. The Bertz CT molecular complexity index is 377. The van der Waals surface area contributed by atoms with Gasteiger partial charge in [-0.05, 0) is 24.5 Å². The van der Waals surface area contributed by atoms with Crippen LogP contribution < -0.4 is 5.73 Å². The zero-order valence-electron chi connectivity index (χ0n) is 9.50. The summed E-state index contributed by atoms with van der Waals surface area (Å²) in [6, 6.07) is 4.93. The lowest BCUT2D eigenvalue weighted by molar-refractivity contribution is 0.0488. The maximum atomic E-state index is 11.6. The number of halogens is 1. The normalized spacial score (nSPS) is 10.5. The van der Waals surface area contributed by atoms with Crippen molar-refractivity contribution in [1.29, 1.82) is 0 Å². The van der Waals surface area contributed by atoms with Gasteiger partial charge < -0.3 is 10.5 Å². The molecule has 0 aliphatic rings. The standard InChI is InChI=1S/C12H16ClNO2/c1-8(2)6-7-16-12(15)9-4-3-5-10(14)11(9)13/h3-5,8H,6-7,14H2,1-2H3. The molecule has 0 unspecified atom stereocenters. The van der Waals surface area contributed by atoms with Gasteiger partial charge in [0.1, 0.15) is 0 Å². The van der Waals surface area contributed by atoms with Crippen molar-refractivity contribution in [1.82, 2.24) is 0 Å². The highest BCUT2D eigenvalue weighted by molar-refractivity contribution is 6.36. The van der Waals surface area contributed by atoms with Gasteiger partial charge in [-0.2, -0.15) is 0 Å². The SMILES string of the molecule is CC(C)CCOC(=O)c1cccc(N)c1Cl. The Morgan fingerprint density at radius 1 is 1.50 bits per heavy atom. The minimum Gasteiger partial charge on any atom is -0.462 e. The highest BCUT2D eigenvalue weighted by Crippen LogP contribution is 2.23. The first kappa shape index (κ1) is 12.8. The smallest absolute Gasteiger partial charge is 0.339 e. The van der Waals surface area contributed by atoms with Crippen molar-refractivity contribution < 1.29 is 9.53 Å². The van der Waals surface area contributed by atoms with E-state index in [-0.39, 0.29) is 5.02 Å². The first-order chi connectivity index (χ1) is 7.52. The van der Waals surface area contributed by atoms with Crippen molar-refractivity contribution in [2.75, 3.05) is 12.3 Å². The number of hydrogen-bond donors (Lipinski definition) is 1. The topological polar surface area (TPSA) is 52.3 Å². The Morgan fingerprint density at radius 2 is 2.19 bits per heavy atom. The van der Waals surface area contributed by atoms with E-state index in [0.717, 1.165) is 6.42 Å². The molecule has 0 amide bonds. The highest BCUT2D eigenvalue weighted by Gasteiger charge is 2.13. The van der Waals surface area contributed by atoms with Crippen LogP contribution >= 0.6 is 11.6 Å². The lowest BCUT2D eigenvalue weighted by atomic mass is 10.1. The number of anilines is 1. The van der Waals surface area contributed by atoms with Gasteiger partial charge in [0.25, 0.3) is 0 Å². The van der Waals surface area contributed by atoms with E-state index in [1.165, 1.54) is 0 Å². The van der Waals surface area contributed by atoms with E-state index in [9.17, 15) is 4.79 Å². The van der Waals surface area contributed by atoms with Gasteiger partial charge in [0.05, 0.1) is 22.9 Å². The minimum atomic E-state index is -0.419. The molecule has 0 radical (unpaired) electrons. The number of nitrogens with two attached hydrogens (primary N) is 1. The Hall–Kier alpha value is -1.22. The molecule has 0 heterocycles. The summed E-state index contributed by atoms with van der Waals surface area (Å²) in [5.74, 6) is 0.0852. The predicted molar refractivity (Wildman–Crippen MR) is 65.6 cm³/mol. The number of carbonyl (C=O) groups is 1. The fourth-order valence-electron chi connectivity index (χ4n) is 1.17. The van der Waals surface area contributed by atoms with Crippen LogP contribution in [-0.2, 0) is 4.74 Å². The van der Waals surface area contributed by atoms with Crippen LogP contribution in [0.5, 0.6) is 0 Å². The number of benzene rings is 1.